The molecule has 0 radical (unpaired) electrons. The van der Waals surface area contributed by atoms with Crippen LogP contribution in [0, 0.1) is 0 Å². The average Bonchev–Trinajstić information content (AvgIpc) is 3.29. The fourth-order valence-electron chi connectivity index (χ4n) is 3.00. The summed E-state index contributed by atoms with van der Waals surface area (Å²) in [5, 5.41) is 7.65. The van der Waals surface area contributed by atoms with Crippen molar-refractivity contribution in [3.8, 4) is 11.5 Å². The molecule has 3 aromatic rings. The highest BCUT2D eigenvalue weighted by atomic mass is 32.1. The van der Waals surface area contributed by atoms with E-state index in [-0.39, 0.29) is 17.9 Å². The first-order valence-electron chi connectivity index (χ1n) is 9.25. The molecular formula is C22H20N2O4S. The smallest absolute Gasteiger partial charge is 0.265 e. The van der Waals surface area contributed by atoms with Gasteiger partial charge in [0.25, 0.3) is 11.8 Å². The van der Waals surface area contributed by atoms with E-state index in [1.165, 1.54) is 11.3 Å². The van der Waals surface area contributed by atoms with Crippen LogP contribution in [-0.4, -0.2) is 25.0 Å². The quantitative estimate of drug-likeness (QED) is 0.661. The molecule has 1 atom stereocenters. The molecule has 7 heteroatoms. The third-order valence-electron chi connectivity index (χ3n) is 4.56. The summed E-state index contributed by atoms with van der Waals surface area (Å²) in [4.78, 5) is 25.3. The molecule has 0 saturated heterocycles. The van der Waals surface area contributed by atoms with Gasteiger partial charge in [-0.3, -0.25) is 9.59 Å². The second kappa shape index (κ2) is 8.36. The molecular weight excluding hydrogens is 388 g/mol. The van der Waals surface area contributed by atoms with Crippen LogP contribution in [0.25, 0.3) is 0 Å². The highest BCUT2D eigenvalue weighted by Gasteiger charge is 2.16. The first-order chi connectivity index (χ1) is 14.1. The molecule has 4 rings (SSSR count). The molecule has 148 valence electrons. The van der Waals surface area contributed by atoms with Gasteiger partial charge in [-0.05, 0) is 60.3 Å². The number of benzene rings is 2. The van der Waals surface area contributed by atoms with Crippen LogP contribution in [0.1, 0.15) is 38.6 Å². The zero-order chi connectivity index (χ0) is 20.2. The van der Waals surface area contributed by atoms with Crippen molar-refractivity contribution in [2.75, 3.05) is 18.5 Å². The van der Waals surface area contributed by atoms with Gasteiger partial charge in [0.15, 0.2) is 11.5 Å². The van der Waals surface area contributed by atoms with Crippen molar-refractivity contribution in [3.63, 3.8) is 0 Å². The Morgan fingerprint density at radius 1 is 0.966 bits per heavy atom. The van der Waals surface area contributed by atoms with Gasteiger partial charge in [0, 0.05) is 11.3 Å². The van der Waals surface area contributed by atoms with Gasteiger partial charge in [-0.15, -0.1) is 11.3 Å². The van der Waals surface area contributed by atoms with Crippen molar-refractivity contribution in [1.29, 1.82) is 0 Å². The standard InChI is InChI=1S/C22H20N2O4S/c1-14(16-6-9-18-19(13-16)28-11-10-27-18)23-21(25)15-4-7-17(8-5-15)24-22(26)20-3-2-12-29-20/h2-9,12-14H,10-11H2,1H3,(H,23,25)(H,24,26)/t14-/m1/s1. The molecule has 6 nitrogen and oxygen atoms in total. The lowest BCUT2D eigenvalue weighted by Crippen LogP contribution is -2.26. The molecule has 0 aliphatic carbocycles. The number of amides is 2. The Kier molecular flexibility index (Phi) is 5.48. The average molecular weight is 408 g/mol. The summed E-state index contributed by atoms with van der Waals surface area (Å²) in [7, 11) is 0. The van der Waals surface area contributed by atoms with E-state index < -0.39 is 0 Å². The predicted octanol–water partition coefficient (Wildman–Crippen LogP) is 4.26. The summed E-state index contributed by atoms with van der Waals surface area (Å²) < 4.78 is 11.1. The summed E-state index contributed by atoms with van der Waals surface area (Å²) in [5.74, 6) is 1.06. The molecule has 0 unspecified atom stereocenters. The lowest BCUT2D eigenvalue weighted by Gasteiger charge is -2.21. The molecule has 0 saturated carbocycles. The SMILES string of the molecule is C[C@@H](NC(=O)c1ccc(NC(=O)c2cccs2)cc1)c1ccc2c(c1)OCCO2. The van der Waals surface area contributed by atoms with Gasteiger partial charge in [-0.2, -0.15) is 0 Å². The Balaban J connectivity index is 1.38. The number of anilines is 1. The normalized spacial score (nSPS) is 13.4. The Hall–Kier alpha value is -3.32. The van der Waals surface area contributed by atoms with Crippen LogP contribution in [0.2, 0.25) is 0 Å². The van der Waals surface area contributed by atoms with E-state index in [2.05, 4.69) is 10.6 Å². The van der Waals surface area contributed by atoms with Gasteiger partial charge in [-0.25, -0.2) is 0 Å². The van der Waals surface area contributed by atoms with Gasteiger partial charge >= 0.3 is 0 Å². The maximum atomic E-state index is 12.6. The minimum absolute atomic E-state index is 0.163. The second-order valence-electron chi connectivity index (χ2n) is 6.61. The molecule has 2 aromatic carbocycles. The first-order valence-corrected chi connectivity index (χ1v) is 10.1. The van der Waals surface area contributed by atoms with Gasteiger partial charge in [-0.1, -0.05) is 12.1 Å². The van der Waals surface area contributed by atoms with Crippen molar-refractivity contribution in [3.05, 3.63) is 76.0 Å². The van der Waals surface area contributed by atoms with E-state index in [0.717, 1.165) is 11.3 Å². The number of thiophene rings is 1. The lowest BCUT2D eigenvalue weighted by atomic mass is 10.1. The summed E-state index contributed by atoms with van der Waals surface area (Å²) in [5.41, 5.74) is 2.09. The van der Waals surface area contributed by atoms with Crippen molar-refractivity contribution < 1.29 is 19.1 Å². The zero-order valence-corrected chi connectivity index (χ0v) is 16.6. The van der Waals surface area contributed by atoms with E-state index in [1.807, 2.05) is 36.6 Å². The van der Waals surface area contributed by atoms with E-state index in [4.69, 9.17) is 9.47 Å². The highest BCUT2D eigenvalue weighted by Crippen LogP contribution is 2.32. The van der Waals surface area contributed by atoms with Crippen molar-refractivity contribution in [2.24, 2.45) is 0 Å². The van der Waals surface area contributed by atoms with E-state index in [9.17, 15) is 9.59 Å². The van der Waals surface area contributed by atoms with E-state index >= 15 is 0 Å². The third-order valence-corrected chi connectivity index (χ3v) is 5.43. The summed E-state index contributed by atoms with van der Waals surface area (Å²) in [6, 6.07) is 15.9. The summed E-state index contributed by atoms with van der Waals surface area (Å²) in [6.45, 7) is 2.98. The minimum atomic E-state index is -0.198. The van der Waals surface area contributed by atoms with Crippen LogP contribution in [0.4, 0.5) is 5.69 Å². The van der Waals surface area contributed by atoms with Crippen molar-refractivity contribution in [2.45, 2.75) is 13.0 Å². The number of fused-ring (bicyclic) bond motifs is 1. The number of rotatable bonds is 5. The predicted molar refractivity (Wildman–Crippen MR) is 112 cm³/mol. The summed E-state index contributed by atoms with van der Waals surface area (Å²) in [6.07, 6.45) is 0. The number of hydrogen-bond donors (Lipinski definition) is 2. The van der Waals surface area contributed by atoms with Crippen LogP contribution in [-0.2, 0) is 0 Å². The maximum absolute atomic E-state index is 12.6. The Bertz CT molecular complexity index is 1020. The third kappa shape index (κ3) is 4.41. The number of carbonyl (C=O) groups excluding carboxylic acids is 2. The van der Waals surface area contributed by atoms with E-state index in [1.54, 1.807) is 30.3 Å². The molecule has 29 heavy (non-hydrogen) atoms. The Morgan fingerprint density at radius 2 is 1.72 bits per heavy atom. The van der Waals surface area contributed by atoms with Crippen molar-refractivity contribution >= 4 is 28.8 Å². The fraction of sp³-hybridized carbons (Fsp3) is 0.182. The number of carbonyl (C=O) groups is 2. The molecule has 0 spiro atoms. The fourth-order valence-corrected chi connectivity index (χ4v) is 3.62. The number of hydrogen-bond acceptors (Lipinski definition) is 5. The number of nitrogens with one attached hydrogen (secondary N) is 2. The molecule has 2 heterocycles. The topological polar surface area (TPSA) is 76.7 Å². The molecule has 2 amide bonds. The number of ether oxygens (including phenoxy) is 2. The van der Waals surface area contributed by atoms with Crippen LogP contribution in [0.15, 0.2) is 60.0 Å². The summed E-state index contributed by atoms with van der Waals surface area (Å²) >= 11 is 1.38. The molecule has 1 aromatic heterocycles. The van der Waals surface area contributed by atoms with Crippen LogP contribution >= 0.6 is 11.3 Å². The van der Waals surface area contributed by atoms with Gasteiger partial charge in [0.1, 0.15) is 13.2 Å². The second-order valence-corrected chi connectivity index (χ2v) is 7.55. The van der Waals surface area contributed by atoms with Gasteiger partial charge in [0.05, 0.1) is 10.9 Å². The largest absolute Gasteiger partial charge is 0.486 e. The first kappa shape index (κ1) is 19.0. The van der Waals surface area contributed by atoms with E-state index in [0.29, 0.717) is 35.1 Å². The zero-order valence-electron chi connectivity index (χ0n) is 15.8. The molecule has 1 aliphatic heterocycles. The minimum Gasteiger partial charge on any atom is -0.486 e. The molecule has 1 aliphatic rings. The van der Waals surface area contributed by atoms with Crippen molar-refractivity contribution in [1.82, 2.24) is 5.32 Å². The monoisotopic (exact) mass is 408 g/mol. The molecule has 2 N–H and O–H groups in total. The van der Waals surface area contributed by atoms with Gasteiger partial charge in [0.2, 0.25) is 0 Å². The Morgan fingerprint density at radius 3 is 2.45 bits per heavy atom. The van der Waals surface area contributed by atoms with Gasteiger partial charge < -0.3 is 20.1 Å². The molecule has 0 bridgehead atoms. The van der Waals surface area contributed by atoms with Crippen LogP contribution in [0.5, 0.6) is 11.5 Å². The maximum Gasteiger partial charge on any atom is 0.265 e. The highest BCUT2D eigenvalue weighted by molar-refractivity contribution is 7.12. The lowest BCUT2D eigenvalue weighted by molar-refractivity contribution is 0.0939. The molecule has 0 fully saturated rings. The van der Waals surface area contributed by atoms with Crippen LogP contribution < -0.4 is 20.1 Å². The Labute approximate surface area is 172 Å². The van der Waals surface area contributed by atoms with Crippen LogP contribution in [0.3, 0.4) is 0 Å².